The van der Waals surface area contributed by atoms with Crippen molar-refractivity contribution in [2.24, 2.45) is 0 Å². The van der Waals surface area contributed by atoms with Gasteiger partial charge in [-0.1, -0.05) is 18.2 Å². The fraction of sp³-hybridized carbons (Fsp3) is 0. The molecule has 0 unspecified atom stereocenters. The molecule has 0 aliphatic heterocycles. The van der Waals surface area contributed by atoms with Crippen molar-refractivity contribution in [2.75, 3.05) is 5.73 Å². The van der Waals surface area contributed by atoms with Gasteiger partial charge in [0.2, 0.25) is 0 Å². The van der Waals surface area contributed by atoms with E-state index in [4.69, 9.17) is 11.0 Å². The third-order valence-corrected chi connectivity index (χ3v) is 3.82. The van der Waals surface area contributed by atoms with Crippen LogP contribution in [0, 0.1) is 11.3 Å². The van der Waals surface area contributed by atoms with Crippen molar-refractivity contribution in [3.8, 4) is 6.07 Å². The van der Waals surface area contributed by atoms with Crippen molar-refractivity contribution in [2.45, 2.75) is 0 Å². The van der Waals surface area contributed by atoms with Crippen LogP contribution in [0.3, 0.4) is 0 Å². The van der Waals surface area contributed by atoms with E-state index in [2.05, 4.69) is 12.1 Å². The van der Waals surface area contributed by atoms with Gasteiger partial charge in [-0.25, -0.2) is 0 Å². The summed E-state index contributed by atoms with van der Waals surface area (Å²) in [5, 5.41) is 11.3. The van der Waals surface area contributed by atoms with E-state index >= 15 is 0 Å². The number of anilines is 1. The maximum absolute atomic E-state index is 9.17. The summed E-state index contributed by atoms with van der Waals surface area (Å²) < 4.78 is 2.31. The third-order valence-electron chi connectivity index (χ3n) is 2.69. The molecule has 0 saturated carbocycles. The topological polar surface area (TPSA) is 49.8 Å². The number of thiophene rings is 1. The summed E-state index contributed by atoms with van der Waals surface area (Å²) in [5.41, 5.74) is 6.98. The lowest BCUT2D eigenvalue weighted by Gasteiger charge is -1.98. The molecule has 2 aromatic carbocycles. The van der Waals surface area contributed by atoms with E-state index in [1.807, 2.05) is 24.3 Å². The Hall–Kier alpha value is -2.05. The van der Waals surface area contributed by atoms with Crippen molar-refractivity contribution in [3.05, 3.63) is 42.0 Å². The van der Waals surface area contributed by atoms with Gasteiger partial charge in [-0.3, -0.25) is 0 Å². The summed E-state index contributed by atoms with van der Waals surface area (Å²) in [5.74, 6) is 0. The fourth-order valence-electron chi connectivity index (χ4n) is 1.95. The number of nitrogen functional groups attached to an aromatic ring is 1. The molecule has 0 aliphatic carbocycles. The average Bonchev–Trinajstić information content (AvgIpc) is 2.68. The summed E-state index contributed by atoms with van der Waals surface area (Å²) in [7, 11) is 0. The van der Waals surface area contributed by atoms with Crippen LogP contribution < -0.4 is 5.73 Å². The highest BCUT2D eigenvalue weighted by Gasteiger charge is 2.10. The minimum Gasteiger partial charge on any atom is -0.398 e. The lowest BCUT2D eigenvalue weighted by atomic mass is 10.1. The molecule has 2 nitrogen and oxygen atoms in total. The van der Waals surface area contributed by atoms with Crippen molar-refractivity contribution >= 4 is 37.2 Å². The number of nitriles is 1. The van der Waals surface area contributed by atoms with Crippen LogP contribution in [0.5, 0.6) is 0 Å². The molecule has 16 heavy (non-hydrogen) atoms. The molecule has 2 N–H and O–H groups in total. The Morgan fingerprint density at radius 2 is 1.88 bits per heavy atom. The van der Waals surface area contributed by atoms with Crippen LogP contribution in [0.25, 0.3) is 20.2 Å². The second kappa shape index (κ2) is 3.22. The molecule has 0 atom stereocenters. The number of nitrogens with two attached hydrogens (primary N) is 1. The number of hydrogen-bond donors (Lipinski definition) is 1. The fourth-order valence-corrected chi connectivity index (χ4v) is 3.07. The van der Waals surface area contributed by atoms with Crippen LogP contribution in [-0.2, 0) is 0 Å². The van der Waals surface area contributed by atoms with Gasteiger partial charge in [-0.2, -0.15) is 5.26 Å². The Balaban J connectivity index is 2.64. The average molecular weight is 224 g/mol. The van der Waals surface area contributed by atoms with Gasteiger partial charge in [0.05, 0.1) is 11.3 Å². The van der Waals surface area contributed by atoms with Crippen LogP contribution in [0.15, 0.2) is 36.4 Å². The normalized spacial score (nSPS) is 10.7. The zero-order chi connectivity index (χ0) is 11.1. The molecule has 0 saturated heterocycles. The van der Waals surface area contributed by atoms with Crippen molar-refractivity contribution in [1.29, 1.82) is 5.26 Å². The zero-order valence-corrected chi connectivity index (χ0v) is 9.21. The SMILES string of the molecule is N#Cc1c(N)ccc2sc3ccccc3c12. The van der Waals surface area contributed by atoms with Gasteiger partial charge in [-0.05, 0) is 18.2 Å². The number of fused-ring (bicyclic) bond motifs is 3. The number of benzene rings is 2. The van der Waals surface area contributed by atoms with E-state index in [9.17, 15) is 0 Å². The van der Waals surface area contributed by atoms with E-state index in [1.165, 1.54) is 4.70 Å². The molecule has 0 amide bonds. The van der Waals surface area contributed by atoms with Gasteiger partial charge in [0.15, 0.2) is 0 Å². The van der Waals surface area contributed by atoms with Crippen LogP contribution >= 0.6 is 11.3 Å². The quantitative estimate of drug-likeness (QED) is 0.594. The highest BCUT2D eigenvalue weighted by atomic mass is 32.1. The Kier molecular flexibility index (Phi) is 1.85. The summed E-state index contributed by atoms with van der Waals surface area (Å²) in [4.78, 5) is 0. The minimum absolute atomic E-state index is 0.554. The molecule has 3 rings (SSSR count). The van der Waals surface area contributed by atoms with E-state index in [0.29, 0.717) is 11.3 Å². The lowest BCUT2D eigenvalue weighted by Crippen LogP contribution is -1.89. The molecule has 0 aliphatic rings. The summed E-state index contributed by atoms with van der Waals surface area (Å²) in [6.07, 6.45) is 0. The maximum atomic E-state index is 9.17. The largest absolute Gasteiger partial charge is 0.398 e. The van der Waals surface area contributed by atoms with Gasteiger partial charge < -0.3 is 5.73 Å². The molecular weight excluding hydrogens is 216 g/mol. The Bertz CT molecular complexity index is 735. The molecule has 0 spiro atoms. The van der Waals surface area contributed by atoms with Crippen molar-refractivity contribution in [3.63, 3.8) is 0 Å². The van der Waals surface area contributed by atoms with Gasteiger partial charge in [0.25, 0.3) is 0 Å². The monoisotopic (exact) mass is 224 g/mol. The minimum atomic E-state index is 0.554. The van der Waals surface area contributed by atoms with Crippen molar-refractivity contribution < 1.29 is 0 Å². The second-order valence-corrected chi connectivity index (χ2v) is 4.70. The maximum Gasteiger partial charge on any atom is 0.102 e. The van der Waals surface area contributed by atoms with Gasteiger partial charge in [0, 0.05) is 20.2 Å². The first kappa shape index (κ1) is 9.20. The van der Waals surface area contributed by atoms with Gasteiger partial charge >= 0.3 is 0 Å². The number of nitrogens with zero attached hydrogens (tertiary/aromatic N) is 1. The van der Waals surface area contributed by atoms with Crippen LogP contribution in [0.1, 0.15) is 5.56 Å². The predicted molar refractivity (Wildman–Crippen MR) is 68.5 cm³/mol. The van der Waals surface area contributed by atoms with E-state index in [-0.39, 0.29) is 0 Å². The summed E-state index contributed by atoms with van der Waals surface area (Å²) in [6, 6.07) is 14.1. The Labute approximate surface area is 96.5 Å². The Morgan fingerprint density at radius 1 is 1.06 bits per heavy atom. The van der Waals surface area contributed by atoms with Crippen LogP contribution in [0.2, 0.25) is 0 Å². The third kappa shape index (κ3) is 1.11. The standard InChI is InChI=1S/C13H8N2S/c14-7-9-10(15)5-6-12-13(9)8-3-1-2-4-11(8)16-12/h1-6H,15H2. The molecule has 76 valence electrons. The summed E-state index contributed by atoms with van der Waals surface area (Å²) >= 11 is 1.69. The van der Waals surface area contributed by atoms with Crippen molar-refractivity contribution in [1.82, 2.24) is 0 Å². The molecule has 3 aromatic rings. The molecule has 3 heteroatoms. The Morgan fingerprint density at radius 3 is 2.69 bits per heavy atom. The van der Waals surface area contributed by atoms with Crippen LogP contribution in [0.4, 0.5) is 5.69 Å². The molecule has 1 aromatic heterocycles. The summed E-state index contributed by atoms with van der Waals surface area (Å²) in [6.45, 7) is 0. The first-order valence-corrected chi connectivity index (χ1v) is 5.73. The highest BCUT2D eigenvalue weighted by Crippen LogP contribution is 2.37. The first-order valence-electron chi connectivity index (χ1n) is 4.91. The molecule has 0 radical (unpaired) electrons. The van der Waals surface area contributed by atoms with Gasteiger partial charge in [-0.15, -0.1) is 11.3 Å². The van der Waals surface area contributed by atoms with E-state index in [0.717, 1.165) is 15.5 Å². The number of hydrogen-bond acceptors (Lipinski definition) is 3. The van der Waals surface area contributed by atoms with Crippen LogP contribution in [-0.4, -0.2) is 0 Å². The second-order valence-electron chi connectivity index (χ2n) is 3.61. The molecule has 0 bridgehead atoms. The zero-order valence-electron chi connectivity index (χ0n) is 8.40. The van der Waals surface area contributed by atoms with E-state index < -0.39 is 0 Å². The molecular formula is C13H8N2S. The predicted octanol–water partition coefficient (Wildman–Crippen LogP) is 3.51. The van der Waals surface area contributed by atoms with E-state index in [1.54, 1.807) is 17.4 Å². The number of rotatable bonds is 0. The first-order chi connectivity index (χ1) is 7.81. The smallest absolute Gasteiger partial charge is 0.102 e. The lowest BCUT2D eigenvalue weighted by molar-refractivity contribution is 1.51. The molecule has 0 fully saturated rings. The molecule has 1 heterocycles. The highest BCUT2D eigenvalue weighted by molar-refractivity contribution is 7.25. The van der Waals surface area contributed by atoms with Gasteiger partial charge in [0.1, 0.15) is 6.07 Å².